The van der Waals surface area contributed by atoms with Gasteiger partial charge in [-0.1, -0.05) is 29.3 Å². The van der Waals surface area contributed by atoms with E-state index in [4.69, 9.17) is 28.9 Å². The maximum atomic E-state index is 6.17. The van der Waals surface area contributed by atoms with Crippen molar-refractivity contribution in [3.05, 3.63) is 51.3 Å². The Hall–Kier alpha value is -1.03. The summed E-state index contributed by atoms with van der Waals surface area (Å²) in [5, 5.41) is 5.60. The van der Waals surface area contributed by atoms with Crippen molar-refractivity contribution in [2.24, 2.45) is 5.73 Å². The Morgan fingerprint density at radius 3 is 2.56 bits per heavy atom. The fourth-order valence-electron chi connectivity index (χ4n) is 1.95. The summed E-state index contributed by atoms with van der Waals surface area (Å²) >= 11 is 12.0. The van der Waals surface area contributed by atoms with Gasteiger partial charge in [-0.15, -0.1) is 0 Å². The summed E-state index contributed by atoms with van der Waals surface area (Å²) in [6.45, 7) is 4.57. The molecule has 0 saturated heterocycles. The number of aromatic nitrogens is 2. The van der Waals surface area contributed by atoms with Crippen molar-refractivity contribution < 1.29 is 0 Å². The van der Waals surface area contributed by atoms with Crippen LogP contribution < -0.4 is 5.73 Å². The minimum absolute atomic E-state index is 0.201. The van der Waals surface area contributed by atoms with Gasteiger partial charge < -0.3 is 5.73 Å². The van der Waals surface area contributed by atoms with Crippen LogP contribution in [0, 0.1) is 13.8 Å². The third kappa shape index (κ3) is 2.86. The zero-order chi connectivity index (χ0) is 13.3. The third-order valence-electron chi connectivity index (χ3n) is 2.83. The summed E-state index contributed by atoms with van der Waals surface area (Å²) < 4.78 is 1.89. The molecular formula is C13H15Cl2N3. The van der Waals surface area contributed by atoms with Gasteiger partial charge in [0.1, 0.15) is 0 Å². The van der Waals surface area contributed by atoms with Crippen LogP contribution in [0.15, 0.2) is 24.3 Å². The molecule has 1 heterocycles. The first-order chi connectivity index (χ1) is 8.47. The summed E-state index contributed by atoms with van der Waals surface area (Å²) in [6.07, 6.45) is 0. The zero-order valence-corrected chi connectivity index (χ0v) is 11.8. The van der Waals surface area contributed by atoms with Gasteiger partial charge in [-0.25, -0.2) is 0 Å². The van der Waals surface area contributed by atoms with Crippen LogP contribution in [0.3, 0.4) is 0 Å². The van der Waals surface area contributed by atoms with Crippen molar-refractivity contribution >= 4 is 23.2 Å². The second-order valence-electron chi connectivity index (χ2n) is 4.38. The molecule has 3 nitrogen and oxygen atoms in total. The van der Waals surface area contributed by atoms with Crippen molar-refractivity contribution in [2.45, 2.75) is 26.4 Å². The Balaban J connectivity index is 2.21. The van der Waals surface area contributed by atoms with Crippen molar-refractivity contribution in [1.29, 1.82) is 0 Å². The number of halogens is 2. The number of hydrogen-bond acceptors (Lipinski definition) is 2. The van der Waals surface area contributed by atoms with E-state index in [-0.39, 0.29) is 6.04 Å². The molecule has 96 valence electrons. The Morgan fingerprint density at radius 1 is 1.28 bits per heavy atom. The highest BCUT2D eigenvalue weighted by atomic mass is 35.5. The average Bonchev–Trinajstić information content (AvgIpc) is 2.57. The molecule has 1 unspecified atom stereocenters. The van der Waals surface area contributed by atoms with Crippen LogP contribution in [0.1, 0.15) is 23.0 Å². The van der Waals surface area contributed by atoms with Crippen LogP contribution in [-0.4, -0.2) is 9.78 Å². The first kappa shape index (κ1) is 13.4. The van der Waals surface area contributed by atoms with Crippen LogP contribution in [0.5, 0.6) is 0 Å². The molecule has 1 aromatic heterocycles. The van der Waals surface area contributed by atoms with Crippen LogP contribution >= 0.6 is 23.2 Å². The maximum Gasteiger partial charge on any atom is 0.0606 e. The van der Waals surface area contributed by atoms with E-state index in [0.29, 0.717) is 16.6 Å². The molecule has 0 fully saturated rings. The normalized spacial score (nSPS) is 12.7. The lowest BCUT2D eigenvalue weighted by molar-refractivity contribution is 0.515. The predicted molar refractivity (Wildman–Crippen MR) is 75.1 cm³/mol. The highest BCUT2D eigenvalue weighted by Crippen LogP contribution is 2.26. The molecule has 0 radical (unpaired) electrons. The van der Waals surface area contributed by atoms with E-state index in [0.717, 1.165) is 17.0 Å². The monoisotopic (exact) mass is 283 g/mol. The van der Waals surface area contributed by atoms with Gasteiger partial charge in [-0.2, -0.15) is 5.10 Å². The van der Waals surface area contributed by atoms with Crippen LogP contribution in [0.25, 0.3) is 0 Å². The highest BCUT2D eigenvalue weighted by molar-refractivity contribution is 6.35. The van der Waals surface area contributed by atoms with Gasteiger partial charge in [-0.05, 0) is 37.6 Å². The smallest absolute Gasteiger partial charge is 0.0606 e. The molecule has 2 N–H and O–H groups in total. The molecule has 0 saturated carbocycles. The average molecular weight is 284 g/mol. The van der Waals surface area contributed by atoms with Gasteiger partial charge in [0.15, 0.2) is 0 Å². The molecule has 1 atom stereocenters. The first-order valence-electron chi connectivity index (χ1n) is 5.69. The van der Waals surface area contributed by atoms with E-state index in [9.17, 15) is 0 Å². The summed E-state index contributed by atoms with van der Waals surface area (Å²) in [6, 6.07) is 7.19. The van der Waals surface area contributed by atoms with E-state index in [2.05, 4.69) is 5.10 Å². The van der Waals surface area contributed by atoms with Gasteiger partial charge in [0.25, 0.3) is 0 Å². The molecule has 2 aromatic rings. The molecule has 0 aliphatic carbocycles. The number of benzene rings is 1. The number of aryl methyl sites for hydroxylation is 2. The third-order valence-corrected chi connectivity index (χ3v) is 3.40. The fourth-order valence-corrected chi connectivity index (χ4v) is 2.50. The SMILES string of the molecule is Cc1cc(C)n(CC(N)c2ccc(Cl)cc2Cl)n1. The summed E-state index contributed by atoms with van der Waals surface area (Å²) in [5.74, 6) is 0. The lowest BCUT2D eigenvalue weighted by atomic mass is 10.1. The maximum absolute atomic E-state index is 6.17. The summed E-state index contributed by atoms with van der Waals surface area (Å²) in [5.41, 5.74) is 9.13. The number of rotatable bonds is 3. The van der Waals surface area contributed by atoms with E-state index >= 15 is 0 Å². The van der Waals surface area contributed by atoms with Crippen molar-refractivity contribution in [3.8, 4) is 0 Å². The molecule has 18 heavy (non-hydrogen) atoms. The Kier molecular flexibility index (Phi) is 3.95. The predicted octanol–water partition coefficient (Wildman–Crippen LogP) is 3.51. The molecule has 0 bridgehead atoms. The van der Waals surface area contributed by atoms with Gasteiger partial charge in [-0.3, -0.25) is 4.68 Å². The second kappa shape index (κ2) is 5.31. The van der Waals surface area contributed by atoms with Gasteiger partial charge in [0.2, 0.25) is 0 Å². The van der Waals surface area contributed by atoms with Crippen LogP contribution in [-0.2, 0) is 6.54 Å². The number of hydrogen-bond donors (Lipinski definition) is 1. The highest BCUT2D eigenvalue weighted by Gasteiger charge is 2.13. The molecule has 0 spiro atoms. The minimum atomic E-state index is -0.201. The van der Waals surface area contributed by atoms with Gasteiger partial charge in [0.05, 0.1) is 18.3 Å². The molecule has 5 heteroatoms. The molecule has 0 amide bonds. The van der Waals surface area contributed by atoms with E-state index < -0.39 is 0 Å². The minimum Gasteiger partial charge on any atom is -0.322 e. The quantitative estimate of drug-likeness (QED) is 0.937. The Bertz CT molecular complexity index is 563. The Labute approximate surface area is 117 Å². The van der Waals surface area contributed by atoms with E-state index in [1.807, 2.05) is 30.7 Å². The van der Waals surface area contributed by atoms with Crippen LogP contribution in [0.2, 0.25) is 10.0 Å². The summed E-state index contributed by atoms with van der Waals surface area (Å²) in [4.78, 5) is 0. The Morgan fingerprint density at radius 2 is 2.00 bits per heavy atom. The van der Waals surface area contributed by atoms with Crippen molar-refractivity contribution in [3.63, 3.8) is 0 Å². The molecule has 1 aromatic carbocycles. The number of nitrogens with two attached hydrogens (primary N) is 1. The second-order valence-corrected chi connectivity index (χ2v) is 5.23. The lowest BCUT2D eigenvalue weighted by Gasteiger charge is -2.15. The van der Waals surface area contributed by atoms with E-state index in [1.165, 1.54) is 0 Å². The topological polar surface area (TPSA) is 43.8 Å². The van der Waals surface area contributed by atoms with Gasteiger partial charge in [0, 0.05) is 15.7 Å². The fraction of sp³-hybridized carbons (Fsp3) is 0.308. The van der Waals surface area contributed by atoms with E-state index in [1.54, 1.807) is 12.1 Å². The number of nitrogens with zero attached hydrogens (tertiary/aromatic N) is 2. The largest absolute Gasteiger partial charge is 0.322 e. The summed E-state index contributed by atoms with van der Waals surface area (Å²) in [7, 11) is 0. The van der Waals surface area contributed by atoms with Crippen molar-refractivity contribution in [1.82, 2.24) is 9.78 Å². The molecule has 0 aliphatic heterocycles. The molecule has 2 rings (SSSR count). The molecule has 0 aliphatic rings. The van der Waals surface area contributed by atoms with Crippen LogP contribution in [0.4, 0.5) is 0 Å². The molecular weight excluding hydrogens is 269 g/mol. The lowest BCUT2D eigenvalue weighted by Crippen LogP contribution is -2.19. The first-order valence-corrected chi connectivity index (χ1v) is 6.44. The zero-order valence-electron chi connectivity index (χ0n) is 10.3. The van der Waals surface area contributed by atoms with Crippen molar-refractivity contribution in [2.75, 3.05) is 0 Å². The standard InChI is InChI=1S/C13H15Cl2N3/c1-8-5-9(2)18(17-8)7-13(16)11-4-3-10(14)6-12(11)15/h3-6,13H,7,16H2,1-2H3. The van der Waals surface area contributed by atoms with Gasteiger partial charge >= 0.3 is 0 Å².